The van der Waals surface area contributed by atoms with E-state index >= 15 is 0 Å². The van der Waals surface area contributed by atoms with E-state index in [4.69, 9.17) is 10.5 Å². The lowest BCUT2D eigenvalue weighted by Gasteiger charge is -2.14. The summed E-state index contributed by atoms with van der Waals surface area (Å²) >= 11 is 6.79. The molecule has 0 spiro atoms. The van der Waals surface area contributed by atoms with Gasteiger partial charge in [0.2, 0.25) is 0 Å². The number of anilines is 1. The van der Waals surface area contributed by atoms with E-state index in [0.29, 0.717) is 11.4 Å². The topological polar surface area (TPSA) is 55.5 Å². The van der Waals surface area contributed by atoms with Gasteiger partial charge in [-0.3, -0.25) is 0 Å². The van der Waals surface area contributed by atoms with Crippen molar-refractivity contribution in [1.82, 2.24) is 0 Å². The van der Waals surface area contributed by atoms with Crippen LogP contribution >= 0.6 is 31.9 Å². The molecule has 0 saturated carbocycles. The van der Waals surface area contributed by atoms with Gasteiger partial charge in [-0.05, 0) is 42.0 Å². The van der Waals surface area contributed by atoms with Crippen LogP contribution in [0, 0.1) is 0 Å². The molecule has 0 radical (unpaired) electrons. The van der Waals surface area contributed by atoms with Crippen molar-refractivity contribution in [3.8, 4) is 5.75 Å². The van der Waals surface area contributed by atoms with Gasteiger partial charge >= 0.3 is 0 Å². The summed E-state index contributed by atoms with van der Waals surface area (Å²) in [5.74, 6) is 0.682. The molecule has 5 heteroatoms. The van der Waals surface area contributed by atoms with Crippen LogP contribution in [0.5, 0.6) is 5.75 Å². The number of halogens is 2. The maximum absolute atomic E-state index is 10.1. The molecule has 0 heterocycles. The molecule has 0 aromatic heterocycles. The molecular formula is C14H13Br2NO2. The van der Waals surface area contributed by atoms with Gasteiger partial charge in [-0.25, -0.2) is 0 Å². The van der Waals surface area contributed by atoms with E-state index in [1.165, 1.54) is 0 Å². The molecule has 1 unspecified atom stereocenters. The number of nitrogen functional groups attached to an aromatic ring is 1. The van der Waals surface area contributed by atoms with Gasteiger partial charge in [-0.2, -0.15) is 0 Å². The maximum atomic E-state index is 10.1. The largest absolute Gasteiger partial charge is 0.491 e. The van der Waals surface area contributed by atoms with Gasteiger partial charge in [0, 0.05) is 14.6 Å². The molecule has 0 fully saturated rings. The van der Waals surface area contributed by atoms with Crippen LogP contribution in [0.15, 0.2) is 51.4 Å². The second-order valence-electron chi connectivity index (χ2n) is 4.06. The van der Waals surface area contributed by atoms with E-state index < -0.39 is 6.10 Å². The fourth-order valence-corrected chi connectivity index (χ4v) is 2.91. The molecule has 3 nitrogen and oxygen atoms in total. The van der Waals surface area contributed by atoms with Crippen LogP contribution in [0.2, 0.25) is 0 Å². The summed E-state index contributed by atoms with van der Waals surface area (Å²) in [6.07, 6.45) is -0.694. The molecule has 0 amide bonds. The van der Waals surface area contributed by atoms with Crippen molar-refractivity contribution in [3.63, 3.8) is 0 Å². The second-order valence-corrected chi connectivity index (χ2v) is 5.83. The monoisotopic (exact) mass is 385 g/mol. The summed E-state index contributed by atoms with van der Waals surface area (Å²) in [5, 5.41) is 10.1. The third kappa shape index (κ3) is 3.96. The van der Waals surface area contributed by atoms with Gasteiger partial charge in [0.1, 0.15) is 18.5 Å². The summed E-state index contributed by atoms with van der Waals surface area (Å²) in [6.45, 7) is 0.185. The fraction of sp³-hybridized carbons (Fsp3) is 0.143. The van der Waals surface area contributed by atoms with Crippen LogP contribution in [-0.4, -0.2) is 11.7 Å². The minimum atomic E-state index is -0.694. The van der Waals surface area contributed by atoms with E-state index in [2.05, 4.69) is 31.9 Å². The quantitative estimate of drug-likeness (QED) is 0.783. The van der Waals surface area contributed by atoms with E-state index in [1.807, 2.05) is 18.2 Å². The van der Waals surface area contributed by atoms with Gasteiger partial charge in [0.05, 0.1) is 0 Å². The Labute approximate surface area is 128 Å². The van der Waals surface area contributed by atoms with Gasteiger partial charge in [-0.1, -0.05) is 37.9 Å². The number of aliphatic hydroxyl groups is 1. The Morgan fingerprint density at radius 3 is 2.42 bits per heavy atom. The number of rotatable bonds is 4. The molecule has 2 aromatic rings. The molecule has 0 aliphatic carbocycles. The number of ether oxygens (including phenoxy) is 1. The summed E-state index contributed by atoms with van der Waals surface area (Å²) in [7, 11) is 0. The van der Waals surface area contributed by atoms with Crippen LogP contribution < -0.4 is 10.5 Å². The van der Waals surface area contributed by atoms with Crippen molar-refractivity contribution in [3.05, 3.63) is 57.0 Å². The van der Waals surface area contributed by atoms with E-state index in [1.54, 1.807) is 24.3 Å². The molecule has 0 aliphatic rings. The van der Waals surface area contributed by atoms with Crippen molar-refractivity contribution in [1.29, 1.82) is 0 Å². The van der Waals surface area contributed by atoms with Crippen LogP contribution in [0.25, 0.3) is 0 Å². The average Bonchev–Trinajstić information content (AvgIpc) is 2.37. The minimum absolute atomic E-state index is 0.185. The molecular weight excluding hydrogens is 374 g/mol. The van der Waals surface area contributed by atoms with Gasteiger partial charge in [0.15, 0.2) is 0 Å². The Balaban J connectivity index is 2.01. The zero-order chi connectivity index (χ0) is 13.8. The van der Waals surface area contributed by atoms with Crippen LogP contribution in [0.4, 0.5) is 5.69 Å². The lowest BCUT2D eigenvalue weighted by Crippen LogP contribution is -2.10. The van der Waals surface area contributed by atoms with Gasteiger partial charge < -0.3 is 15.6 Å². The number of nitrogens with two attached hydrogens (primary N) is 1. The molecule has 0 saturated heterocycles. The first-order valence-electron chi connectivity index (χ1n) is 5.67. The highest BCUT2D eigenvalue weighted by Crippen LogP contribution is 2.27. The molecule has 2 rings (SSSR count). The average molecular weight is 387 g/mol. The molecule has 19 heavy (non-hydrogen) atoms. The van der Waals surface area contributed by atoms with Crippen LogP contribution in [-0.2, 0) is 0 Å². The first-order valence-corrected chi connectivity index (χ1v) is 7.26. The van der Waals surface area contributed by atoms with Crippen molar-refractivity contribution in [2.24, 2.45) is 0 Å². The summed E-state index contributed by atoms with van der Waals surface area (Å²) in [6, 6.07) is 12.7. The van der Waals surface area contributed by atoms with Gasteiger partial charge in [-0.15, -0.1) is 0 Å². The Bertz CT molecular complexity index is 558. The Morgan fingerprint density at radius 1 is 1.11 bits per heavy atom. The van der Waals surface area contributed by atoms with Gasteiger partial charge in [0.25, 0.3) is 0 Å². The Morgan fingerprint density at radius 2 is 1.79 bits per heavy atom. The number of aliphatic hydroxyl groups excluding tert-OH is 1. The van der Waals surface area contributed by atoms with Crippen molar-refractivity contribution < 1.29 is 9.84 Å². The Hall–Kier alpha value is -1.04. The molecule has 0 aliphatic heterocycles. The van der Waals surface area contributed by atoms with E-state index in [0.717, 1.165) is 14.5 Å². The fourth-order valence-electron chi connectivity index (χ4n) is 1.60. The predicted octanol–water partition coefficient (Wildman–Crippen LogP) is 3.91. The molecule has 2 aromatic carbocycles. The van der Waals surface area contributed by atoms with Crippen molar-refractivity contribution in [2.75, 3.05) is 12.3 Å². The first kappa shape index (κ1) is 14.4. The highest BCUT2D eigenvalue weighted by Gasteiger charge is 2.12. The maximum Gasteiger partial charge on any atom is 0.119 e. The lowest BCUT2D eigenvalue weighted by molar-refractivity contribution is 0.107. The van der Waals surface area contributed by atoms with E-state index in [-0.39, 0.29) is 6.61 Å². The number of benzene rings is 2. The number of hydrogen-bond donors (Lipinski definition) is 2. The molecule has 100 valence electrons. The molecule has 0 bridgehead atoms. The second kappa shape index (κ2) is 6.41. The van der Waals surface area contributed by atoms with Crippen molar-refractivity contribution in [2.45, 2.75) is 6.10 Å². The molecule has 1 atom stereocenters. The smallest absolute Gasteiger partial charge is 0.119 e. The standard InChI is InChI=1S/C14H13Br2NO2/c15-9-1-6-12(13(16)7-9)14(18)8-19-11-4-2-10(17)3-5-11/h1-7,14,18H,8,17H2. The summed E-state index contributed by atoms with van der Waals surface area (Å²) in [4.78, 5) is 0. The zero-order valence-electron chi connectivity index (χ0n) is 10.0. The summed E-state index contributed by atoms with van der Waals surface area (Å²) in [5.41, 5.74) is 7.07. The normalized spacial score (nSPS) is 12.2. The predicted molar refractivity (Wildman–Crippen MR) is 83.2 cm³/mol. The van der Waals surface area contributed by atoms with Crippen LogP contribution in [0.1, 0.15) is 11.7 Å². The lowest BCUT2D eigenvalue weighted by atomic mass is 10.1. The Kier molecular flexibility index (Phi) is 4.85. The van der Waals surface area contributed by atoms with E-state index in [9.17, 15) is 5.11 Å². The number of hydrogen-bond acceptors (Lipinski definition) is 3. The highest BCUT2D eigenvalue weighted by molar-refractivity contribution is 9.11. The third-order valence-corrected chi connectivity index (χ3v) is 3.79. The first-order chi connectivity index (χ1) is 9.06. The van der Waals surface area contributed by atoms with Crippen molar-refractivity contribution >= 4 is 37.5 Å². The minimum Gasteiger partial charge on any atom is -0.491 e. The highest BCUT2D eigenvalue weighted by atomic mass is 79.9. The third-order valence-electron chi connectivity index (χ3n) is 2.61. The van der Waals surface area contributed by atoms with Crippen LogP contribution in [0.3, 0.4) is 0 Å². The zero-order valence-corrected chi connectivity index (χ0v) is 13.2. The SMILES string of the molecule is Nc1ccc(OCC(O)c2ccc(Br)cc2Br)cc1. The summed E-state index contributed by atoms with van der Waals surface area (Å²) < 4.78 is 7.32. The molecule has 3 N–H and O–H groups in total.